The first-order chi connectivity index (χ1) is 9.11. The monoisotopic (exact) mass is 299 g/mol. The second kappa shape index (κ2) is 6.18. The molecule has 2 rings (SSSR count). The number of nitrogens with one attached hydrogen (secondary N) is 1. The van der Waals surface area contributed by atoms with Gasteiger partial charge in [0.05, 0.1) is 17.6 Å². The first-order valence-corrected chi connectivity index (χ1v) is 7.92. The smallest absolute Gasteiger partial charge is 0.213 e. The summed E-state index contributed by atoms with van der Waals surface area (Å²) < 4.78 is 27.1. The molecule has 1 N–H and O–H groups in total. The highest BCUT2D eigenvalue weighted by Crippen LogP contribution is 2.07. The van der Waals surface area contributed by atoms with E-state index in [-0.39, 0.29) is 18.2 Å². The van der Waals surface area contributed by atoms with E-state index in [4.69, 9.17) is 11.6 Å². The fourth-order valence-electron chi connectivity index (χ4n) is 1.54. The lowest BCUT2D eigenvalue weighted by molar-refractivity contribution is 0.583. The number of hydrogen-bond acceptors (Lipinski definition) is 3. The van der Waals surface area contributed by atoms with Gasteiger partial charge in [0, 0.05) is 24.2 Å². The zero-order chi connectivity index (χ0) is 13.7. The molecule has 0 aliphatic carbocycles. The Hall–Kier alpha value is -1.37. The lowest BCUT2D eigenvalue weighted by atomic mass is 10.3. The van der Waals surface area contributed by atoms with Gasteiger partial charge in [0.2, 0.25) is 10.0 Å². The van der Waals surface area contributed by atoms with Crippen LogP contribution in [0, 0.1) is 0 Å². The number of alkyl halides is 1. The maximum Gasteiger partial charge on any atom is 0.213 e. The predicted octanol–water partition coefficient (Wildman–Crippen LogP) is 1.53. The molecule has 0 amide bonds. The topological polar surface area (TPSA) is 64.0 Å². The standard InChI is InChI=1S/C12H14ClN3O2S/c13-6-7-19(17,18)15-9-11-8-14-16(10-11)12-4-2-1-3-5-12/h1-5,8,10,15H,6-7,9H2. The summed E-state index contributed by atoms with van der Waals surface area (Å²) >= 11 is 5.42. The second-order valence-electron chi connectivity index (χ2n) is 3.96. The van der Waals surface area contributed by atoms with Gasteiger partial charge in [-0.25, -0.2) is 17.8 Å². The zero-order valence-corrected chi connectivity index (χ0v) is 11.7. The quantitative estimate of drug-likeness (QED) is 0.823. The van der Waals surface area contributed by atoms with Gasteiger partial charge >= 0.3 is 0 Å². The van der Waals surface area contributed by atoms with Crippen LogP contribution in [0.4, 0.5) is 0 Å². The van der Waals surface area contributed by atoms with Gasteiger partial charge < -0.3 is 0 Å². The van der Waals surface area contributed by atoms with Crippen molar-refractivity contribution in [3.05, 3.63) is 48.3 Å². The molecule has 1 heterocycles. The largest absolute Gasteiger partial charge is 0.241 e. The number of rotatable bonds is 6. The van der Waals surface area contributed by atoms with Crippen LogP contribution >= 0.6 is 11.6 Å². The average molecular weight is 300 g/mol. The number of benzene rings is 1. The molecular formula is C12H14ClN3O2S. The van der Waals surface area contributed by atoms with Crippen molar-refractivity contribution in [2.75, 3.05) is 11.6 Å². The molecule has 0 aliphatic heterocycles. The molecule has 5 nitrogen and oxygen atoms in total. The van der Waals surface area contributed by atoms with Crippen LogP contribution in [0.1, 0.15) is 5.56 Å². The van der Waals surface area contributed by atoms with E-state index < -0.39 is 10.0 Å². The van der Waals surface area contributed by atoms with Crippen LogP contribution in [0.3, 0.4) is 0 Å². The molecule has 0 aliphatic rings. The highest BCUT2D eigenvalue weighted by molar-refractivity contribution is 7.89. The molecule has 0 bridgehead atoms. The van der Waals surface area contributed by atoms with Crippen molar-refractivity contribution >= 4 is 21.6 Å². The molecule has 0 atom stereocenters. The summed E-state index contributed by atoms with van der Waals surface area (Å²) in [6, 6.07) is 9.61. The lowest BCUT2D eigenvalue weighted by Crippen LogP contribution is -2.26. The molecular weight excluding hydrogens is 286 g/mol. The van der Waals surface area contributed by atoms with Gasteiger partial charge in [-0.05, 0) is 12.1 Å². The predicted molar refractivity (Wildman–Crippen MR) is 74.9 cm³/mol. The highest BCUT2D eigenvalue weighted by Gasteiger charge is 2.09. The maximum absolute atomic E-state index is 11.5. The van der Waals surface area contributed by atoms with Crippen LogP contribution < -0.4 is 4.72 Å². The molecule has 7 heteroatoms. The van der Waals surface area contributed by atoms with E-state index in [1.165, 1.54) is 0 Å². The summed E-state index contributed by atoms with van der Waals surface area (Å²) in [6.45, 7) is 0.214. The zero-order valence-electron chi connectivity index (χ0n) is 10.2. The van der Waals surface area contributed by atoms with Gasteiger partial charge in [-0.3, -0.25) is 0 Å². The van der Waals surface area contributed by atoms with Crippen LogP contribution in [0.15, 0.2) is 42.7 Å². The molecule has 19 heavy (non-hydrogen) atoms. The summed E-state index contributed by atoms with van der Waals surface area (Å²) in [5.41, 5.74) is 1.72. The van der Waals surface area contributed by atoms with Crippen molar-refractivity contribution in [1.82, 2.24) is 14.5 Å². The Morgan fingerprint density at radius 2 is 2.00 bits per heavy atom. The van der Waals surface area contributed by atoms with E-state index in [2.05, 4.69) is 9.82 Å². The molecule has 0 saturated carbocycles. The minimum absolute atomic E-state index is 0.0820. The maximum atomic E-state index is 11.5. The normalized spacial score (nSPS) is 11.6. The molecule has 0 fully saturated rings. The third-order valence-electron chi connectivity index (χ3n) is 2.50. The van der Waals surface area contributed by atoms with E-state index in [1.807, 2.05) is 30.3 Å². The SMILES string of the molecule is O=S(=O)(CCCl)NCc1cnn(-c2ccccc2)c1. The Balaban J connectivity index is 2.03. The van der Waals surface area contributed by atoms with Crippen molar-refractivity contribution in [2.24, 2.45) is 0 Å². The summed E-state index contributed by atoms with van der Waals surface area (Å²) in [5, 5.41) is 4.19. The first-order valence-electron chi connectivity index (χ1n) is 5.73. The fraction of sp³-hybridized carbons (Fsp3) is 0.250. The summed E-state index contributed by atoms with van der Waals surface area (Å²) in [6.07, 6.45) is 3.43. The Kier molecular flexibility index (Phi) is 4.57. The van der Waals surface area contributed by atoms with Crippen molar-refractivity contribution < 1.29 is 8.42 Å². The summed E-state index contributed by atoms with van der Waals surface area (Å²) in [4.78, 5) is 0. The van der Waals surface area contributed by atoms with E-state index in [1.54, 1.807) is 17.1 Å². The van der Waals surface area contributed by atoms with Crippen LogP contribution in [0.25, 0.3) is 5.69 Å². The Morgan fingerprint density at radius 1 is 1.26 bits per heavy atom. The van der Waals surface area contributed by atoms with Crippen LogP contribution in [-0.2, 0) is 16.6 Å². The van der Waals surface area contributed by atoms with Crippen molar-refractivity contribution in [2.45, 2.75) is 6.54 Å². The van der Waals surface area contributed by atoms with Crippen LogP contribution in [0.2, 0.25) is 0 Å². The van der Waals surface area contributed by atoms with Crippen LogP contribution in [0.5, 0.6) is 0 Å². The van der Waals surface area contributed by atoms with Gasteiger partial charge in [0.25, 0.3) is 0 Å². The Labute approximate surface area is 117 Å². The van der Waals surface area contributed by atoms with E-state index >= 15 is 0 Å². The number of aromatic nitrogens is 2. The highest BCUT2D eigenvalue weighted by atomic mass is 35.5. The third kappa shape index (κ3) is 4.05. The van der Waals surface area contributed by atoms with Gasteiger partial charge in [0.1, 0.15) is 0 Å². The fourth-order valence-corrected chi connectivity index (χ4v) is 2.88. The second-order valence-corrected chi connectivity index (χ2v) is 6.26. The molecule has 0 saturated heterocycles. The number of hydrogen-bond donors (Lipinski definition) is 1. The number of sulfonamides is 1. The first kappa shape index (κ1) is 14.0. The summed E-state index contributed by atoms with van der Waals surface area (Å²) in [5.74, 6) is -0.0000114. The molecule has 102 valence electrons. The van der Waals surface area contributed by atoms with E-state index in [9.17, 15) is 8.42 Å². The molecule has 1 aromatic carbocycles. The van der Waals surface area contributed by atoms with Gasteiger partial charge in [-0.15, -0.1) is 11.6 Å². The van der Waals surface area contributed by atoms with E-state index in [0.717, 1.165) is 11.3 Å². The molecule has 0 unspecified atom stereocenters. The molecule has 0 spiro atoms. The number of para-hydroxylation sites is 1. The molecule has 1 aromatic heterocycles. The Morgan fingerprint density at radius 3 is 2.68 bits per heavy atom. The Bertz CT molecular complexity index is 625. The summed E-state index contributed by atoms with van der Waals surface area (Å²) in [7, 11) is -3.30. The average Bonchev–Trinajstić information content (AvgIpc) is 2.86. The van der Waals surface area contributed by atoms with Crippen molar-refractivity contribution in [3.8, 4) is 5.69 Å². The van der Waals surface area contributed by atoms with Gasteiger partial charge in [-0.1, -0.05) is 18.2 Å². The third-order valence-corrected chi connectivity index (χ3v) is 4.24. The van der Waals surface area contributed by atoms with Gasteiger partial charge in [0.15, 0.2) is 0 Å². The van der Waals surface area contributed by atoms with Crippen LogP contribution in [-0.4, -0.2) is 29.8 Å². The van der Waals surface area contributed by atoms with E-state index in [0.29, 0.717) is 0 Å². The molecule has 2 aromatic rings. The lowest BCUT2D eigenvalue weighted by Gasteiger charge is -2.02. The number of nitrogens with zero attached hydrogens (tertiary/aromatic N) is 2. The molecule has 0 radical (unpaired) electrons. The van der Waals surface area contributed by atoms with Crippen molar-refractivity contribution in [1.29, 1.82) is 0 Å². The minimum atomic E-state index is -3.30. The number of halogens is 1. The van der Waals surface area contributed by atoms with Gasteiger partial charge in [-0.2, -0.15) is 5.10 Å². The van der Waals surface area contributed by atoms with Crippen molar-refractivity contribution in [3.63, 3.8) is 0 Å². The minimum Gasteiger partial charge on any atom is -0.241 e.